The van der Waals surface area contributed by atoms with Crippen LogP contribution < -0.4 is 0 Å². The first kappa shape index (κ1) is 12.7. The number of aliphatic carboxylic acids is 1. The molecule has 0 bridgehead atoms. The van der Waals surface area contributed by atoms with E-state index in [4.69, 9.17) is 5.11 Å². The fourth-order valence-electron chi connectivity index (χ4n) is 1.51. The molecule has 0 spiro atoms. The van der Waals surface area contributed by atoms with Crippen molar-refractivity contribution >= 4 is 18.4 Å². The number of carboxylic acid groups (broad SMARTS) is 1. The van der Waals surface area contributed by atoms with Crippen LogP contribution in [-0.2, 0) is 4.79 Å². The van der Waals surface area contributed by atoms with E-state index in [1.165, 1.54) is 0 Å². The molecule has 0 aliphatic carbocycles. The Morgan fingerprint density at radius 1 is 1.38 bits per heavy atom. The van der Waals surface area contributed by atoms with Crippen molar-refractivity contribution in [3.63, 3.8) is 0 Å². The van der Waals surface area contributed by atoms with E-state index in [0.29, 0.717) is 5.41 Å². The van der Waals surface area contributed by atoms with Crippen molar-refractivity contribution < 1.29 is 9.90 Å². The molecule has 1 rings (SSSR count). The third-order valence-electron chi connectivity index (χ3n) is 2.57. The molecule has 0 aromatic carbocycles. The number of carbonyl (C=O) groups is 1. The summed E-state index contributed by atoms with van der Waals surface area (Å²) in [5.41, 5.74) is 0.412. The molecule has 0 atom stereocenters. The Labute approximate surface area is 85.5 Å². The second-order valence-electron chi connectivity index (χ2n) is 4.33. The number of carboxylic acids is 1. The zero-order valence-corrected chi connectivity index (χ0v) is 9.06. The van der Waals surface area contributed by atoms with Crippen LogP contribution in [0.4, 0.5) is 0 Å². The highest BCUT2D eigenvalue weighted by atomic mass is 35.5. The molecule has 0 radical (unpaired) electrons. The first-order chi connectivity index (χ1) is 5.49. The monoisotopic (exact) mass is 207 g/mol. The van der Waals surface area contributed by atoms with Crippen molar-refractivity contribution in [1.82, 2.24) is 4.90 Å². The van der Waals surface area contributed by atoms with Crippen LogP contribution >= 0.6 is 12.4 Å². The van der Waals surface area contributed by atoms with E-state index >= 15 is 0 Å². The Hall–Kier alpha value is -0.280. The van der Waals surface area contributed by atoms with Crippen LogP contribution in [0.1, 0.15) is 26.7 Å². The molecular weight excluding hydrogens is 190 g/mol. The van der Waals surface area contributed by atoms with E-state index in [1.54, 1.807) is 0 Å². The molecular formula is C9H18ClNO2. The normalized spacial score (nSPS) is 22.0. The standard InChI is InChI=1S/C9H17NO2.ClH/c1-9(2)3-5-10(6-4-9)7-8(11)12;/h3-7H2,1-2H3,(H,11,12);1H. The lowest BCUT2D eigenvalue weighted by atomic mass is 9.83. The van der Waals surface area contributed by atoms with Gasteiger partial charge >= 0.3 is 5.97 Å². The molecule has 1 saturated heterocycles. The van der Waals surface area contributed by atoms with Crippen LogP contribution in [0.5, 0.6) is 0 Å². The van der Waals surface area contributed by atoms with Gasteiger partial charge in [-0.1, -0.05) is 13.8 Å². The lowest BCUT2D eigenvalue weighted by molar-refractivity contribution is -0.138. The number of nitrogens with zero attached hydrogens (tertiary/aromatic N) is 1. The lowest BCUT2D eigenvalue weighted by Gasteiger charge is -2.35. The van der Waals surface area contributed by atoms with Gasteiger partial charge < -0.3 is 5.11 Å². The first-order valence-electron chi connectivity index (χ1n) is 4.44. The van der Waals surface area contributed by atoms with Crippen LogP contribution in [-0.4, -0.2) is 35.6 Å². The Bertz CT molecular complexity index is 172. The van der Waals surface area contributed by atoms with Crippen LogP contribution in [0.25, 0.3) is 0 Å². The van der Waals surface area contributed by atoms with Gasteiger partial charge in [-0.3, -0.25) is 9.69 Å². The Kier molecular flexibility index (Phi) is 4.71. The summed E-state index contributed by atoms with van der Waals surface area (Å²) < 4.78 is 0. The van der Waals surface area contributed by atoms with Crippen molar-refractivity contribution in [1.29, 1.82) is 0 Å². The van der Waals surface area contributed by atoms with Crippen molar-refractivity contribution in [3.8, 4) is 0 Å². The summed E-state index contributed by atoms with van der Waals surface area (Å²) in [6, 6.07) is 0. The van der Waals surface area contributed by atoms with E-state index in [0.717, 1.165) is 25.9 Å². The molecule has 0 aromatic rings. The van der Waals surface area contributed by atoms with Gasteiger partial charge in [0.2, 0.25) is 0 Å². The van der Waals surface area contributed by atoms with Gasteiger partial charge in [0, 0.05) is 0 Å². The predicted octanol–water partition coefficient (Wildman–Crippen LogP) is 1.61. The predicted molar refractivity (Wildman–Crippen MR) is 54.3 cm³/mol. The van der Waals surface area contributed by atoms with Crippen molar-refractivity contribution in [2.24, 2.45) is 5.41 Å². The molecule has 1 N–H and O–H groups in total. The fraction of sp³-hybridized carbons (Fsp3) is 0.889. The summed E-state index contributed by atoms with van der Waals surface area (Å²) in [5, 5.41) is 8.55. The fourth-order valence-corrected chi connectivity index (χ4v) is 1.51. The maximum Gasteiger partial charge on any atom is 0.317 e. The number of rotatable bonds is 2. The molecule has 3 nitrogen and oxygen atoms in total. The zero-order valence-electron chi connectivity index (χ0n) is 8.25. The Morgan fingerprint density at radius 2 is 1.85 bits per heavy atom. The van der Waals surface area contributed by atoms with E-state index in [1.807, 2.05) is 4.90 Å². The summed E-state index contributed by atoms with van der Waals surface area (Å²) >= 11 is 0. The summed E-state index contributed by atoms with van der Waals surface area (Å²) in [6.07, 6.45) is 2.22. The molecule has 0 saturated carbocycles. The summed E-state index contributed by atoms with van der Waals surface area (Å²) in [5.74, 6) is -0.713. The van der Waals surface area contributed by atoms with Crippen LogP contribution in [0, 0.1) is 5.41 Å². The second-order valence-corrected chi connectivity index (χ2v) is 4.33. The number of likely N-dealkylation sites (tertiary alicyclic amines) is 1. The van der Waals surface area contributed by atoms with E-state index in [2.05, 4.69) is 13.8 Å². The molecule has 0 aromatic heterocycles. The molecule has 0 unspecified atom stereocenters. The summed E-state index contributed by atoms with van der Waals surface area (Å²) in [7, 11) is 0. The highest BCUT2D eigenvalue weighted by Gasteiger charge is 2.25. The minimum atomic E-state index is -0.713. The van der Waals surface area contributed by atoms with Gasteiger partial charge in [-0.2, -0.15) is 0 Å². The van der Waals surface area contributed by atoms with Gasteiger partial charge in [0.1, 0.15) is 0 Å². The SMILES string of the molecule is CC1(C)CCN(CC(=O)O)CC1.Cl. The van der Waals surface area contributed by atoms with Crippen LogP contribution in [0.3, 0.4) is 0 Å². The molecule has 0 amide bonds. The molecule has 1 fully saturated rings. The number of hydrogen-bond acceptors (Lipinski definition) is 2. The molecule has 1 heterocycles. The van der Waals surface area contributed by atoms with Gasteiger partial charge in [0.15, 0.2) is 0 Å². The number of hydrogen-bond donors (Lipinski definition) is 1. The van der Waals surface area contributed by atoms with Crippen LogP contribution in [0.15, 0.2) is 0 Å². The number of halogens is 1. The molecule has 4 heteroatoms. The quantitative estimate of drug-likeness (QED) is 0.748. The van der Waals surface area contributed by atoms with Gasteiger partial charge in [-0.15, -0.1) is 12.4 Å². The molecule has 13 heavy (non-hydrogen) atoms. The minimum absolute atomic E-state index is 0. The Morgan fingerprint density at radius 3 is 2.23 bits per heavy atom. The van der Waals surface area contributed by atoms with Gasteiger partial charge in [0.25, 0.3) is 0 Å². The maximum absolute atomic E-state index is 10.4. The van der Waals surface area contributed by atoms with Crippen molar-refractivity contribution in [2.45, 2.75) is 26.7 Å². The largest absolute Gasteiger partial charge is 0.480 e. The average molecular weight is 208 g/mol. The van der Waals surface area contributed by atoms with Crippen molar-refractivity contribution in [2.75, 3.05) is 19.6 Å². The van der Waals surface area contributed by atoms with E-state index in [9.17, 15) is 4.79 Å². The van der Waals surface area contributed by atoms with Crippen LogP contribution in [0.2, 0.25) is 0 Å². The third kappa shape index (κ3) is 4.48. The molecule has 1 aliphatic heterocycles. The zero-order chi connectivity index (χ0) is 9.19. The lowest BCUT2D eigenvalue weighted by Crippen LogP contribution is -2.40. The summed E-state index contributed by atoms with van der Waals surface area (Å²) in [4.78, 5) is 12.4. The third-order valence-corrected chi connectivity index (χ3v) is 2.57. The van der Waals surface area contributed by atoms with Crippen molar-refractivity contribution in [3.05, 3.63) is 0 Å². The van der Waals surface area contributed by atoms with Gasteiger partial charge in [0.05, 0.1) is 6.54 Å². The first-order valence-corrected chi connectivity index (χ1v) is 4.44. The van der Waals surface area contributed by atoms with E-state index in [-0.39, 0.29) is 19.0 Å². The van der Waals surface area contributed by atoms with Gasteiger partial charge in [-0.05, 0) is 31.3 Å². The number of piperidine rings is 1. The second kappa shape index (κ2) is 4.82. The molecule has 1 aliphatic rings. The highest BCUT2D eigenvalue weighted by molar-refractivity contribution is 5.85. The molecule has 78 valence electrons. The highest BCUT2D eigenvalue weighted by Crippen LogP contribution is 2.29. The minimum Gasteiger partial charge on any atom is -0.480 e. The smallest absolute Gasteiger partial charge is 0.317 e. The van der Waals surface area contributed by atoms with E-state index < -0.39 is 5.97 Å². The Balaban J connectivity index is 0.00000144. The summed E-state index contributed by atoms with van der Waals surface area (Å²) in [6.45, 7) is 6.55. The average Bonchev–Trinajstić information content (AvgIpc) is 1.93. The topological polar surface area (TPSA) is 40.5 Å². The maximum atomic E-state index is 10.4. The van der Waals surface area contributed by atoms with Gasteiger partial charge in [-0.25, -0.2) is 0 Å².